The Labute approximate surface area is 206 Å². The molecule has 8 heteroatoms. The second-order valence-corrected chi connectivity index (χ2v) is 9.28. The number of nitrogen functional groups attached to an aromatic ring is 1. The molecule has 0 atom stereocenters. The van der Waals surface area contributed by atoms with Crippen LogP contribution in [0.5, 0.6) is 0 Å². The van der Waals surface area contributed by atoms with Crippen molar-refractivity contribution in [2.45, 2.75) is 18.9 Å². The fraction of sp³-hybridized carbons (Fsp3) is 0.370. The highest BCUT2D eigenvalue weighted by atomic mass is 16.4. The number of aromatic nitrogens is 2. The maximum absolute atomic E-state index is 11.3. The van der Waals surface area contributed by atoms with Crippen LogP contribution in [-0.2, 0) is 4.79 Å². The van der Waals surface area contributed by atoms with Crippen molar-refractivity contribution in [1.29, 1.82) is 0 Å². The molecule has 0 bridgehead atoms. The number of piperazine rings is 1. The minimum atomic E-state index is -0.719. The number of rotatable bonds is 6. The van der Waals surface area contributed by atoms with Gasteiger partial charge in [-0.1, -0.05) is 60.7 Å². The van der Waals surface area contributed by atoms with Gasteiger partial charge in [-0.05, 0) is 24.0 Å². The molecule has 8 nitrogen and oxygen atoms in total. The third kappa shape index (κ3) is 4.93. The molecule has 2 aliphatic rings. The Morgan fingerprint density at radius 1 is 0.800 bits per heavy atom. The average Bonchev–Trinajstić information content (AvgIpc) is 2.91. The van der Waals surface area contributed by atoms with Crippen molar-refractivity contribution in [3.8, 4) is 0 Å². The summed E-state index contributed by atoms with van der Waals surface area (Å²) in [6.45, 7) is 4.69. The van der Waals surface area contributed by atoms with E-state index >= 15 is 0 Å². The standard InChI is InChI=1S/C27H32N6O2/c28-23-25(32-13-11-22(12-14-32)27(34)35)29-19-30-26(23)33-17-15-31(16-18-33)24(20-7-3-1-4-8-20)21-9-5-2-6-10-21/h1-10,19,22,24H,11-18,28H2,(H,34,35). The number of piperidine rings is 1. The molecule has 2 saturated heterocycles. The Morgan fingerprint density at radius 3 is 1.77 bits per heavy atom. The van der Waals surface area contributed by atoms with E-state index in [1.54, 1.807) is 6.33 Å². The van der Waals surface area contributed by atoms with Crippen molar-refractivity contribution in [3.05, 3.63) is 78.1 Å². The Hall–Kier alpha value is -3.65. The zero-order valence-electron chi connectivity index (χ0n) is 19.8. The van der Waals surface area contributed by atoms with E-state index in [0.29, 0.717) is 37.4 Å². The number of nitrogens with two attached hydrogens (primary N) is 1. The summed E-state index contributed by atoms with van der Waals surface area (Å²) in [5.41, 5.74) is 9.74. The van der Waals surface area contributed by atoms with Crippen LogP contribution >= 0.6 is 0 Å². The molecule has 1 aromatic heterocycles. The first-order valence-corrected chi connectivity index (χ1v) is 12.3. The number of carboxylic acid groups (broad SMARTS) is 1. The molecule has 2 aliphatic heterocycles. The van der Waals surface area contributed by atoms with Crippen LogP contribution in [0.1, 0.15) is 30.0 Å². The van der Waals surface area contributed by atoms with Crippen molar-refractivity contribution in [2.24, 2.45) is 5.92 Å². The minimum absolute atomic E-state index is 0.202. The van der Waals surface area contributed by atoms with Crippen LogP contribution in [0.15, 0.2) is 67.0 Å². The summed E-state index contributed by atoms with van der Waals surface area (Å²) in [6.07, 6.45) is 2.79. The maximum Gasteiger partial charge on any atom is 0.306 e. The van der Waals surface area contributed by atoms with Crippen LogP contribution in [0.3, 0.4) is 0 Å². The first-order chi connectivity index (χ1) is 17.1. The number of carboxylic acids is 1. The van der Waals surface area contributed by atoms with Crippen LogP contribution in [-0.4, -0.2) is 65.2 Å². The molecule has 35 heavy (non-hydrogen) atoms. The topological polar surface area (TPSA) is 98.8 Å². The molecule has 0 unspecified atom stereocenters. The van der Waals surface area contributed by atoms with Gasteiger partial charge in [0.05, 0.1) is 12.0 Å². The van der Waals surface area contributed by atoms with E-state index in [0.717, 1.165) is 32.0 Å². The number of benzene rings is 2. The first kappa shape index (κ1) is 23.1. The van der Waals surface area contributed by atoms with Crippen LogP contribution in [0.2, 0.25) is 0 Å². The van der Waals surface area contributed by atoms with Crippen LogP contribution < -0.4 is 15.5 Å². The normalized spacial score (nSPS) is 17.6. The number of anilines is 3. The van der Waals surface area contributed by atoms with Gasteiger partial charge in [-0.25, -0.2) is 9.97 Å². The third-order valence-electron chi connectivity index (χ3n) is 7.20. The van der Waals surface area contributed by atoms with Gasteiger partial charge in [0, 0.05) is 39.3 Å². The predicted molar refractivity (Wildman–Crippen MR) is 138 cm³/mol. The largest absolute Gasteiger partial charge is 0.481 e. The summed E-state index contributed by atoms with van der Waals surface area (Å²) in [5.74, 6) is 0.478. The Bertz CT molecular complexity index is 1090. The van der Waals surface area contributed by atoms with Gasteiger partial charge < -0.3 is 20.6 Å². The zero-order valence-corrected chi connectivity index (χ0v) is 19.8. The van der Waals surface area contributed by atoms with Crippen molar-refractivity contribution < 1.29 is 9.90 Å². The van der Waals surface area contributed by atoms with Gasteiger partial charge in [-0.2, -0.15) is 0 Å². The van der Waals surface area contributed by atoms with Gasteiger partial charge in [0.25, 0.3) is 0 Å². The first-order valence-electron chi connectivity index (χ1n) is 12.3. The lowest BCUT2D eigenvalue weighted by Gasteiger charge is -2.40. The van der Waals surface area contributed by atoms with E-state index in [1.807, 2.05) is 0 Å². The summed E-state index contributed by atoms with van der Waals surface area (Å²) < 4.78 is 0. The van der Waals surface area contributed by atoms with Gasteiger partial charge in [0.2, 0.25) is 0 Å². The van der Waals surface area contributed by atoms with Gasteiger partial charge in [-0.15, -0.1) is 0 Å². The fourth-order valence-corrected chi connectivity index (χ4v) is 5.30. The van der Waals surface area contributed by atoms with Crippen LogP contribution in [0, 0.1) is 5.92 Å². The summed E-state index contributed by atoms with van der Waals surface area (Å²) in [4.78, 5) is 27.2. The highest BCUT2D eigenvalue weighted by Gasteiger charge is 2.30. The van der Waals surface area contributed by atoms with Gasteiger partial charge in [0.15, 0.2) is 11.6 Å². The summed E-state index contributed by atoms with van der Waals surface area (Å²) in [7, 11) is 0. The van der Waals surface area contributed by atoms with E-state index in [4.69, 9.17) is 5.73 Å². The van der Waals surface area contributed by atoms with E-state index in [1.165, 1.54) is 11.1 Å². The number of hydrogen-bond acceptors (Lipinski definition) is 7. The lowest BCUT2D eigenvalue weighted by molar-refractivity contribution is -0.142. The molecule has 3 N–H and O–H groups in total. The van der Waals surface area contributed by atoms with E-state index < -0.39 is 5.97 Å². The summed E-state index contributed by atoms with van der Waals surface area (Å²) >= 11 is 0. The van der Waals surface area contributed by atoms with E-state index in [2.05, 4.69) is 85.3 Å². The lowest BCUT2D eigenvalue weighted by Crippen LogP contribution is -2.48. The second-order valence-electron chi connectivity index (χ2n) is 9.28. The zero-order chi connectivity index (χ0) is 24.2. The Morgan fingerprint density at radius 2 is 1.29 bits per heavy atom. The molecule has 5 rings (SSSR count). The third-order valence-corrected chi connectivity index (χ3v) is 7.20. The monoisotopic (exact) mass is 472 g/mol. The predicted octanol–water partition coefficient (Wildman–Crippen LogP) is 3.27. The number of hydrogen-bond donors (Lipinski definition) is 2. The number of aliphatic carboxylic acids is 1. The Kier molecular flexibility index (Phi) is 6.81. The number of nitrogens with zero attached hydrogens (tertiary/aromatic N) is 5. The molecule has 3 heterocycles. The summed E-state index contributed by atoms with van der Waals surface area (Å²) in [6, 6.07) is 21.5. The molecule has 0 saturated carbocycles. The molecule has 0 spiro atoms. The van der Waals surface area contributed by atoms with E-state index in [9.17, 15) is 9.90 Å². The quantitative estimate of drug-likeness (QED) is 0.564. The van der Waals surface area contributed by atoms with E-state index in [-0.39, 0.29) is 12.0 Å². The maximum atomic E-state index is 11.3. The highest BCUT2D eigenvalue weighted by molar-refractivity contribution is 5.76. The minimum Gasteiger partial charge on any atom is -0.481 e. The lowest BCUT2D eigenvalue weighted by atomic mass is 9.96. The SMILES string of the molecule is Nc1c(N2CCC(C(=O)O)CC2)ncnc1N1CCN(C(c2ccccc2)c2ccccc2)CC1. The second kappa shape index (κ2) is 10.3. The van der Waals surface area contributed by atoms with Crippen molar-refractivity contribution in [3.63, 3.8) is 0 Å². The molecule has 182 valence electrons. The van der Waals surface area contributed by atoms with Crippen molar-refractivity contribution >= 4 is 23.3 Å². The smallest absolute Gasteiger partial charge is 0.306 e. The molecular weight excluding hydrogens is 440 g/mol. The van der Waals surface area contributed by atoms with Crippen LogP contribution in [0.4, 0.5) is 17.3 Å². The van der Waals surface area contributed by atoms with Crippen molar-refractivity contribution in [1.82, 2.24) is 14.9 Å². The molecule has 3 aromatic rings. The molecule has 0 aliphatic carbocycles. The Balaban J connectivity index is 1.30. The highest BCUT2D eigenvalue weighted by Crippen LogP contribution is 2.34. The van der Waals surface area contributed by atoms with Gasteiger partial charge in [0.1, 0.15) is 12.0 Å². The summed E-state index contributed by atoms with van der Waals surface area (Å²) in [5, 5.41) is 9.29. The fourth-order valence-electron chi connectivity index (χ4n) is 5.30. The van der Waals surface area contributed by atoms with Crippen LogP contribution in [0.25, 0.3) is 0 Å². The molecule has 2 fully saturated rings. The van der Waals surface area contributed by atoms with Crippen molar-refractivity contribution in [2.75, 3.05) is 54.8 Å². The molecule has 0 radical (unpaired) electrons. The number of carbonyl (C=O) groups is 1. The molecule has 0 amide bonds. The van der Waals surface area contributed by atoms with Gasteiger partial charge in [-0.3, -0.25) is 9.69 Å². The molecule has 2 aromatic carbocycles. The average molecular weight is 473 g/mol. The molecular formula is C27H32N6O2. The van der Waals surface area contributed by atoms with Gasteiger partial charge >= 0.3 is 5.97 Å².